The summed E-state index contributed by atoms with van der Waals surface area (Å²) in [5.74, 6) is -0.395. The van der Waals surface area contributed by atoms with Crippen LogP contribution in [0.25, 0.3) is 0 Å². The van der Waals surface area contributed by atoms with Gasteiger partial charge in [0.15, 0.2) is 6.61 Å². The quantitative estimate of drug-likeness (QED) is 0.685. The van der Waals surface area contributed by atoms with Crippen LogP contribution in [0, 0.1) is 0 Å². The van der Waals surface area contributed by atoms with Crippen molar-refractivity contribution in [1.29, 1.82) is 0 Å². The molecule has 0 atom stereocenters. The summed E-state index contributed by atoms with van der Waals surface area (Å²) in [5, 5.41) is 11.9. The van der Waals surface area contributed by atoms with Crippen molar-refractivity contribution in [3.05, 3.63) is 48.5 Å². The Balaban J connectivity index is 1.67. The molecule has 0 saturated carbocycles. The van der Waals surface area contributed by atoms with Crippen molar-refractivity contribution in [3.8, 4) is 5.75 Å². The van der Waals surface area contributed by atoms with E-state index in [1.165, 1.54) is 0 Å². The number of carbonyl (C=O) groups is 1. The van der Waals surface area contributed by atoms with Crippen molar-refractivity contribution < 1.29 is 14.6 Å². The van der Waals surface area contributed by atoms with Gasteiger partial charge in [0, 0.05) is 25.5 Å². The lowest BCUT2D eigenvalue weighted by molar-refractivity contribution is -0.139. The predicted molar refractivity (Wildman–Crippen MR) is 78.1 cm³/mol. The number of imidazole rings is 1. The van der Waals surface area contributed by atoms with Crippen molar-refractivity contribution in [2.24, 2.45) is 0 Å². The van der Waals surface area contributed by atoms with Crippen LogP contribution in [0.4, 0.5) is 0 Å². The number of hydrogen-bond donors (Lipinski definition) is 2. The highest BCUT2D eigenvalue weighted by Gasteiger charge is 2.00. The van der Waals surface area contributed by atoms with Crippen LogP contribution >= 0.6 is 0 Å². The number of aromatic nitrogens is 2. The van der Waals surface area contributed by atoms with E-state index in [0.717, 1.165) is 31.6 Å². The zero-order chi connectivity index (χ0) is 14.9. The van der Waals surface area contributed by atoms with Gasteiger partial charge in [0.1, 0.15) is 5.75 Å². The first kappa shape index (κ1) is 15.1. The molecule has 112 valence electrons. The molecule has 0 unspecified atom stereocenters. The van der Waals surface area contributed by atoms with Gasteiger partial charge >= 0.3 is 5.97 Å². The second-order valence-electron chi connectivity index (χ2n) is 4.66. The summed E-state index contributed by atoms with van der Waals surface area (Å²) < 4.78 is 7.19. The molecule has 0 amide bonds. The molecule has 0 aliphatic carbocycles. The number of aryl methyl sites for hydroxylation is 1. The van der Waals surface area contributed by atoms with Gasteiger partial charge in [-0.2, -0.15) is 0 Å². The molecule has 0 bridgehead atoms. The molecule has 6 heteroatoms. The van der Waals surface area contributed by atoms with Gasteiger partial charge in [0.25, 0.3) is 0 Å². The average Bonchev–Trinajstić information content (AvgIpc) is 2.98. The van der Waals surface area contributed by atoms with Crippen LogP contribution in [-0.4, -0.2) is 33.8 Å². The number of aliphatic carboxylic acids is 1. The van der Waals surface area contributed by atoms with Gasteiger partial charge in [0.05, 0.1) is 6.33 Å². The molecular formula is C15H19N3O3. The Hall–Kier alpha value is -2.34. The minimum absolute atomic E-state index is 0.318. The fourth-order valence-electron chi connectivity index (χ4n) is 1.93. The molecule has 0 radical (unpaired) electrons. The monoisotopic (exact) mass is 289 g/mol. The molecule has 1 heterocycles. The zero-order valence-electron chi connectivity index (χ0n) is 11.7. The standard InChI is InChI=1S/C15H19N3O3/c19-15(20)11-21-14-4-1-3-13(9-14)10-16-5-2-7-18-8-6-17-12-18/h1,3-4,6,8-9,12,16H,2,5,7,10-11H2,(H,19,20). The van der Waals surface area contributed by atoms with Gasteiger partial charge in [-0.1, -0.05) is 12.1 Å². The third-order valence-electron chi connectivity index (χ3n) is 2.92. The van der Waals surface area contributed by atoms with Crippen molar-refractivity contribution in [1.82, 2.24) is 14.9 Å². The molecule has 2 aromatic rings. The Kier molecular flexibility index (Phi) is 5.78. The lowest BCUT2D eigenvalue weighted by atomic mass is 10.2. The molecule has 2 rings (SSSR count). The number of carboxylic acids is 1. The highest BCUT2D eigenvalue weighted by atomic mass is 16.5. The molecule has 1 aromatic heterocycles. The van der Waals surface area contributed by atoms with Crippen LogP contribution in [0.15, 0.2) is 43.0 Å². The Morgan fingerprint density at radius 3 is 3.10 bits per heavy atom. The molecule has 0 saturated heterocycles. The van der Waals surface area contributed by atoms with Crippen LogP contribution < -0.4 is 10.1 Å². The second kappa shape index (κ2) is 8.06. The predicted octanol–water partition coefficient (Wildman–Crippen LogP) is 1.53. The number of nitrogens with one attached hydrogen (secondary N) is 1. The van der Waals surface area contributed by atoms with Crippen LogP contribution in [0.3, 0.4) is 0 Å². The van der Waals surface area contributed by atoms with E-state index in [1.807, 2.05) is 35.3 Å². The van der Waals surface area contributed by atoms with Crippen LogP contribution in [-0.2, 0) is 17.9 Å². The highest BCUT2D eigenvalue weighted by Crippen LogP contribution is 2.13. The second-order valence-corrected chi connectivity index (χ2v) is 4.66. The summed E-state index contributed by atoms with van der Waals surface area (Å²) in [6.45, 7) is 2.25. The Morgan fingerprint density at radius 1 is 1.43 bits per heavy atom. The van der Waals surface area contributed by atoms with Gasteiger partial charge < -0.3 is 19.7 Å². The summed E-state index contributed by atoms with van der Waals surface area (Å²) in [6.07, 6.45) is 6.55. The molecule has 0 aliphatic rings. The number of rotatable bonds is 9. The molecule has 2 N–H and O–H groups in total. The Labute approximate surface area is 123 Å². The molecule has 6 nitrogen and oxygen atoms in total. The Morgan fingerprint density at radius 2 is 2.33 bits per heavy atom. The van der Waals surface area contributed by atoms with E-state index in [9.17, 15) is 4.79 Å². The van der Waals surface area contributed by atoms with Gasteiger partial charge in [-0.25, -0.2) is 9.78 Å². The van der Waals surface area contributed by atoms with Crippen molar-refractivity contribution >= 4 is 5.97 Å². The first-order valence-corrected chi connectivity index (χ1v) is 6.84. The molecule has 21 heavy (non-hydrogen) atoms. The van der Waals surface area contributed by atoms with Crippen LogP contribution in [0.2, 0.25) is 0 Å². The van der Waals surface area contributed by atoms with E-state index in [-0.39, 0.29) is 6.61 Å². The SMILES string of the molecule is O=C(O)COc1cccc(CNCCCn2ccnc2)c1. The summed E-state index contributed by atoms with van der Waals surface area (Å²) in [6, 6.07) is 7.45. The number of ether oxygens (including phenoxy) is 1. The van der Waals surface area contributed by atoms with E-state index in [2.05, 4.69) is 10.3 Å². The van der Waals surface area contributed by atoms with E-state index < -0.39 is 5.97 Å². The maximum Gasteiger partial charge on any atom is 0.341 e. The van der Waals surface area contributed by atoms with Crippen molar-refractivity contribution in [3.63, 3.8) is 0 Å². The third kappa shape index (κ3) is 5.66. The molecule has 0 aliphatic heterocycles. The normalized spacial score (nSPS) is 10.5. The summed E-state index contributed by atoms with van der Waals surface area (Å²) in [4.78, 5) is 14.5. The van der Waals surface area contributed by atoms with Gasteiger partial charge in [-0.3, -0.25) is 0 Å². The van der Waals surface area contributed by atoms with Crippen LogP contribution in [0.1, 0.15) is 12.0 Å². The van der Waals surface area contributed by atoms with E-state index >= 15 is 0 Å². The third-order valence-corrected chi connectivity index (χ3v) is 2.92. The molecule has 0 spiro atoms. The first-order chi connectivity index (χ1) is 10.2. The minimum Gasteiger partial charge on any atom is -0.482 e. The summed E-state index contributed by atoms with van der Waals surface area (Å²) in [5.41, 5.74) is 1.07. The van der Waals surface area contributed by atoms with E-state index in [1.54, 1.807) is 12.3 Å². The van der Waals surface area contributed by atoms with Gasteiger partial charge in [0.2, 0.25) is 0 Å². The van der Waals surface area contributed by atoms with Gasteiger partial charge in [-0.15, -0.1) is 0 Å². The number of nitrogens with zero attached hydrogens (tertiary/aromatic N) is 2. The molecule has 1 aromatic carbocycles. The summed E-state index contributed by atoms with van der Waals surface area (Å²) in [7, 11) is 0. The average molecular weight is 289 g/mol. The smallest absolute Gasteiger partial charge is 0.341 e. The first-order valence-electron chi connectivity index (χ1n) is 6.84. The van der Waals surface area contributed by atoms with Gasteiger partial charge in [-0.05, 0) is 30.7 Å². The lowest BCUT2D eigenvalue weighted by Gasteiger charge is -2.08. The largest absolute Gasteiger partial charge is 0.482 e. The lowest BCUT2D eigenvalue weighted by Crippen LogP contribution is -2.16. The maximum atomic E-state index is 10.5. The van der Waals surface area contributed by atoms with Crippen molar-refractivity contribution in [2.45, 2.75) is 19.5 Å². The number of benzene rings is 1. The van der Waals surface area contributed by atoms with Crippen molar-refractivity contribution in [2.75, 3.05) is 13.2 Å². The number of carboxylic acid groups (broad SMARTS) is 1. The van der Waals surface area contributed by atoms with Crippen LogP contribution in [0.5, 0.6) is 5.75 Å². The zero-order valence-corrected chi connectivity index (χ0v) is 11.7. The summed E-state index contributed by atoms with van der Waals surface area (Å²) >= 11 is 0. The molecular weight excluding hydrogens is 270 g/mol. The highest BCUT2D eigenvalue weighted by molar-refractivity contribution is 5.68. The fourth-order valence-corrected chi connectivity index (χ4v) is 1.93. The minimum atomic E-state index is -0.974. The maximum absolute atomic E-state index is 10.5. The van der Waals surface area contributed by atoms with E-state index in [4.69, 9.17) is 9.84 Å². The van der Waals surface area contributed by atoms with E-state index in [0.29, 0.717) is 5.75 Å². The fraction of sp³-hybridized carbons (Fsp3) is 0.333. The topological polar surface area (TPSA) is 76.4 Å². The molecule has 0 fully saturated rings. The number of hydrogen-bond acceptors (Lipinski definition) is 4. The Bertz CT molecular complexity index is 555.